The van der Waals surface area contributed by atoms with Crippen LogP contribution in [-0.2, 0) is 6.54 Å². The summed E-state index contributed by atoms with van der Waals surface area (Å²) in [4.78, 5) is 4.38. The second kappa shape index (κ2) is 6.84. The Labute approximate surface area is 134 Å². The average molecular weight is 405 g/mol. The molecule has 0 amide bonds. The van der Waals surface area contributed by atoms with Gasteiger partial charge in [0.1, 0.15) is 0 Å². The summed E-state index contributed by atoms with van der Waals surface area (Å²) in [6.45, 7) is 2.81. The minimum atomic E-state index is 0.219. The Balaban J connectivity index is 2.02. The minimum absolute atomic E-state index is 0.219. The van der Waals surface area contributed by atoms with Gasteiger partial charge in [0, 0.05) is 32.8 Å². The largest absolute Gasteiger partial charge is 0.305 e. The molecule has 1 aromatic carbocycles. The SMILES string of the molecule is C[C@H](NCc1ncc(Br)cc1Br)c1cccc(Cl)c1. The Morgan fingerprint density at radius 1 is 1.32 bits per heavy atom. The molecule has 0 aliphatic heterocycles. The molecule has 100 valence electrons. The molecule has 0 spiro atoms. The van der Waals surface area contributed by atoms with E-state index in [0.29, 0.717) is 6.54 Å². The highest BCUT2D eigenvalue weighted by molar-refractivity contribution is 9.11. The second-order valence-electron chi connectivity index (χ2n) is 4.24. The first-order chi connectivity index (χ1) is 9.06. The smallest absolute Gasteiger partial charge is 0.0684 e. The molecule has 0 saturated carbocycles. The van der Waals surface area contributed by atoms with Crippen LogP contribution in [0.5, 0.6) is 0 Å². The van der Waals surface area contributed by atoms with Crippen LogP contribution in [0.15, 0.2) is 45.5 Å². The maximum Gasteiger partial charge on any atom is 0.0684 e. The maximum atomic E-state index is 6.00. The fourth-order valence-electron chi connectivity index (χ4n) is 1.72. The summed E-state index contributed by atoms with van der Waals surface area (Å²) < 4.78 is 1.96. The number of hydrogen-bond acceptors (Lipinski definition) is 2. The molecule has 0 fully saturated rings. The summed E-state index contributed by atoms with van der Waals surface area (Å²) in [5.74, 6) is 0. The van der Waals surface area contributed by atoms with E-state index in [1.807, 2.05) is 24.3 Å². The van der Waals surface area contributed by atoms with Gasteiger partial charge in [0.2, 0.25) is 0 Å². The highest BCUT2D eigenvalue weighted by atomic mass is 79.9. The fraction of sp³-hybridized carbons (Fsp3) is 0.214. The molecule has 0 bridgehead atoms. The van der Waals surface area contributed by atoms with Crippen LogP contribution in [0, 0.1) is 0 Å². The summed E-state index contributed by atoms with van der Waals surface area (Å²) in [6, 6.07) is 10.1. The summed E-state index contributed by atoms with van der Waals surface area (Å²) in [5.41, 5.74) is 2.15. The lowest BCUT2D eigenvalue weighted by Gasteiger charge is -2.15. The molecule has 0 aliphatic rings. The van der Waals surface area contributed by atoms with Crippen molar-refractivity contribution in [3.8, 4) is 0 Å². The molecule has 1 atom stereocenters. The molecule has 1 N–H and O–H groups in total. The van der Waals surface area contributed by atoms with E-state index in [0.717, 1.165) is 19.7 Å². The topological polar surface area (TPSA) is 24.9 Å². The zero-order chi connectivity index (χ0) is 13.8. The Kier molecular flexibility index (Phi) is 5.39. The van der Waals surface area contributed by atoms with Crippen LogP contribution in [0.3, 0.4) is 0 Å². The molecule has 0 radical (unpaired) electrons. The molecule has 1 aromatic heterocycles. The maximum absolute atomic E-state index is 6.00. The first kappa shape index (κ1) is 15.0. The van der Waals surface area contributed by atoms with Crippen LogP contribution < -0.4 is 5.32 Å². The number of aromatic nitrogens is 1. The molecular weight excluding hydrogens is 391 g/mol. The van der Waals surface area contributed by atoms with Crippen molar-refractivity contribution in [2.75, 3.05) is 0 Å². The van der Waals surface area contributed by atoms with Gasteiger partial charge in [0.25, 0.3) is 0 Å². The number of halogens is 3. The molecule has 2 rings (SSSR count). The number of benzene rings is 1. The van der Waals surface area contributed by atoms with E-state index in [1.165, 1.54) is 5.56 Å². The third kappa shape index (κ3) is 4.28. The van der Waals surface area contributed by atoms with Gasteiger partial charge in [-0.15, -0.1) is 0 Å². The van der Waals surface area contributed by atoms with Crippen molar-refractivity contribution in [1.29, 1.82) is 0 Å². The summed E-state index contributed by atoms with van der Waals surface area (Å²) in [6.07, 6.45) is 1.80. The summed E-state index contributed by atoms with van der Waals surface area (Å²) in [7, 11) is 0. The first-order valence-corrected chi connectivity index (χ1v) is 7.81. The molecule has 19 heavy (non-hydrogen) atoms. The Hall–Kier alpha value is -0.420. The van der Waals surface area contributed by atoms with Crippen LogP contribution in [0.1, 0.15) is 24.2 Å². The third-order valence-corrected chi connectivity index (χ3v) is 4.16. The zero-order valence-electron chi connectivity index (χ0n) is 10.3. The molecule has 0 aliphatic carbocycles. The van der Waals surface area contributed by atoms with E-state index in [4.69, 9.17) is 11.6 Å². The molecule has 0 unspecified atom stereocenters. The van der Waals surface area contributed by atoms with Crippen LogP contribution in [-0.4, -0.2) is 4.98 Å². The number of nitrogens with zero attached hydrogens (tertiary/aromatic N) is 1. The van der Waals surface area contributed by atoms with Gasteiger partial charge in [-0.3, -0.25) is 4.98 Å². The van der Waals surface area contributed by atoms with Crippen LogP contribution >= 0.6 is 43.5 Å². The van der Waals surface area contributed by atoms with E-state index in [2.05, 4.69) is 55.2 Å². The molecule has 2 nitrogen and oxygen atoms in total. The van der Waals surface area contributed by atoms with E-state index >= 15 is 0 Å². The van der Waals surface area contributed by atoms with Gasteiger partial charge in [0.05, 0.1) is 5.69 Å². The lowest BCUT2D eigenvalue weighted by molar-refractivity contribution is 0.566. The highest BCUT2D eigenvalue weighted by Gasteiger charge is 2.07. The van der Waals surface area contributed by atoms with Gasteiger partial charge in [-0.25, -0.2) is 0 Å². The minimum Gasteiger partial charge on any atom is -0.305 e. The molecule has 2 aromatic rings. The average Bonchev–Trinajstić information content (AvgIpc) is 2.37. The number of hydrogen-bond donors (Lipinski definition) is 1. The Bertz CT molecular complexity index is 575. The summed E-state index contributed by atoms with van der Waals surface area (Å²) in [5, 5.41) is 4.19. The van der Waals surface area contributed by atoms with Crippen LogP contribution in [0.2, 0.25) is 5.02 Å². The number of pyridine rings is 1. The Morgan fingerprint density at radius 3 is 2.79 bits per heavy atom. The molecule has 0 saturated heterocycles. The van der Waals surface area contributed by atoms with Crippen molar-refractivity contribution in [2.45, 2.75) is 19.5 Å². The number of nitrogens with one attached hydrogen (secondary N) is 1. The van der Waals surface area contributed by atoms with Crippen LogP contribution in [0.4, 0.5) is 0 Å². The van der Waals surface area contributed by atoms with Gasteiger partial charge in [-0.1, -0.05) is 23.7 Å². The molecular formula is C14H13Br2ClN2. The highest BCUT2D eigenvalue weighted by Crippen LogP contribution is 2.21. The predicted octanol–water partition coefficient (Wildman–Crippen LogP) is 5.11. The third-order valence-electron chi connectivity index (χ3n) is 2.81. The Morgan fingerprint density at radius 2 is 2.11 bits per heavy atom. The van der Waals surface area contributed by atoms with Crippen molar-refractivity contribution < 1.29 is 0 Å². The van der Waals surface area contributed by atoms with E-state index in [1.54, 1.807) is 6.20 Å². The van der Waals surface area contributed by atoms with Gasteiger partial charge in [0.15, 0.2) is 0 Å². The van der Waals surface area contributed by atoms with Crippen molar-refractivity contribution in [1.82, 2.24) is 10.3 Å². The lowest BCUT2D eigenvalue weighted by atomic mass is 10.1. The van der Waals surface area contributed by atoms with E-state index in [9.17, 15) is 0 Å². The predicted molar refractivity (Wildman–Crippen MR) is 86.3 cm³/mol. The van der Waals surface area contributed by atoms with E-state index in [-0.39, 0.29) is 6.04 Å². The van der Waals surface area contributed by atoms with Crippen LogP contribution in [0.25, 0.3) is 0 Å². The summed E-state index contributed by atoms with van der Waals surface area (Å²) >= 11 is 12.9. The molecule has 5 heteroatoms. The van der Waals surface area contributed by atoms with E-state index < -0.39 is 0 Å². The van der Waals surface area contributed by atoms with Crippen molar-refractivity contribution in [3.63, 3.8) is 0 Å². The van der Waals surface area contributed by atoms with Crippen molar-refractivity contribution >= 4 is 43.5 Å². The normalized spacial score (nSPS) is 12.4. The van der Waals surface area contributed by atoms with Gasteiger partial charge < -0.3 is 5.32 Å². The van der Waals surface area contributed by atoms with Crippen molar-refractivity contribution in [2.24, 2.45) is 0 Å². The second-order valence-corrected chi connectivity index (χ2v) is 6.45. The van der Waals surface area contributed by atoms with Gasteiger partial charge in [-0.2, -0.15) is 0 Å². The fourth-order valence-corrected chi connectivity index (χ4v) is 3.04. The standard InChI is InChI=1S/C14H13Br2ClN2/c1-9(10-3-2-4-12(17)5-10)18-8-14-13(16)6-11(15)7-19-14/h2-7,9,18H,8H2,1H3/t9-/m0/s1. The van der Waals surface area contributed by atoms with Gasteiger partial charge >= 0.3 is 0 Å². The first-order valence-electron chi connectivity index (χ1n) is 5.85. The zero-order valence-corrected chi connectivity index (χ0v) is 14.3. The quantitative estimate of drug-likeness (QED) is 0.766. The lowest BCUT2D eigenvalue weighted by Crippen LogP contribution is -2.19. The van der Waals surface area contributed by atoms with Crippen molar-refractivity contribution in [3.05, 3.63) is 61.8 Å². The van der Waals surface area contributed by atoms with Gasteiger partial charge in [-0.05, 0) is 62.5 Å². The number of rotatable bonds is 4. The monoisotopic (exact) mass is 402 g/mol. The molecule has 1 heterocycles.